The van der Waals surface area contributed by atoms with E-state index in [1.165, 1.54) is 12.3 Å². The van der Waals surface area contributed by atoms with Crippen LogP contribution in [-0.2, 0) is 0 Å². The van der Waals surface area contributed by atoms with Crippen molar-refractivity contribution in [3.8, 4) is 0 Å². The maximum atomic E-state index is 10.2. The summed E-state index contributed by atoms with van der Waals surface area (Å²) >= 11 is 0. The molecule has 0 saturated carbocycles. The topological polar surface area (TPSA) is 71.8 Å². The van der Waals surface area contributed by atoms with Gasteiger partial charge in [0.1, 0.15) is 5.82 Å². The maximum absolute atomic E-state index is 10.2. The monoisotopic (exact) mass is 135 g/mol. The van der Waals surface area contributed by atoms with Crippen LogP contribution in [0.5, 0.6) is 0 Å². The Balaban J connectivity index is 0. The fourth-order valence-corrected chi connectivity index (χ4v) is 0.383. The summed E-state index contributed by atoms with van der Waals surface area (Å²) in [4.78, 5) is 15.9. The number of H-pyrrole nitrogens is 1. The quantitative estimate of drug-likeness (QED) is 0.362. The van der Waals surface area contributed by atoms with Gasteiger partial charge in [-0.2, -0.15) is 0 Å². The summed E-state index contributed by atoms with van der Waals surface area (Å²) in [6.07, 6.45) is 1.36. The van der Waals surface area contributed by atoms with Gasteiger partial charge in [-0.3, -0.25) is 4.98 Å². The first-order valence-electron chi connectivity index (χ1n) is 2.10. The third-order valence-electron chi connectivity index (χ3n) is 0.697. The molecule has 0 spiro atoms. The average molecular weight is 135 g/mol. The number of aromatic amines is 1. The molecule has 0 aliphatic heterocycles. The number of nitrogen functional groups attached to an aromatic ring is 1. The summed E-state index contributed by atoms with van der Waals surface area (Å²) in [6, 6.07) is 1.52. The van der Waals surface area contributed by atoms with Crippen LogP contribution in [0.2, 0.25) is 0 Å². The molecular weight excluding hydrogens is 129 g/mol. The van der Waals surface area contributed by atoms with E-state index in [0.717, 1.165) is 0 Å². The average Bonchev–Trinajstić information content (AvgIpc) is 1.64. The number of aromatic nitrogens is 2. The standard InChI is InChI=1S/C4H5N3O.Na.H/c5-3-1-2-6-4(8)7-3;;/h1-2H,(H3,5,6,7,8);;/q;+1;-1. The van der Waals surface area contributed by atoms with Gasteiger partial charge in [0.25, 0.3) is 0 Å². The second-order valence-corrected chi connectivity index (χ2v) is 1.33. The molecule has 0 amide bonds. The van der Waals surface area contributed by atoms with Gasteiger partial charge in [-0.15, -0.1) is 0 Å². The van der Waals surface area contributed by atoms with Gasteiger partial charge in [-0.1, -0.05) is 0 Å². The second kappa shape index (κ2) is 3.66. The fourth-order valence-electron chi connectivity index (χ4n) is 0.383. The summed E-state index contributed by atoms with van der Waals surface area (Å²) in [5, 5.41) is 0. The van der Waals surface area contributed by atoms with E-state index in [4.69, 9.17) is 5.73 Å². The first-order valence-corrected chi connectivity index (χ1v) is 2.10. The number of nitrogens with one attached hydrogen (secondary N) is 1. The molecule has 1 aromatic heterocycles. The minimum Gasteiger partial charge on any atom is -1.00 e. The summed E-state index contributed by atoms with van der Waals surface area (Å²) in [7, 11) is 0. The van der Waals surface area contributed by atoms with E-state index >= 15 is 0 Å². The van der Waals surface area contributed by atoms with E-state index in [0.29, 0.717) is 5.82 Å². The smallest absolute Gasteiger partial charge is 1.00 e. The largest absolute Gasteiger partial charge is 1.00 e. The molecule has 0 saturated heterocycles. The molecule has 3 N–H and O–H groups in total. The minimum absolute atomic E-state index is 0. The molecule has 1 aromatic rings. The van der Waals surface area contributed by atoms with E-state index in [2.05, 4.69) is 9.97 Å². The Kier molecular flexibility index (Phi) is 3.53. The molecule has 0 atom stereocenters. The number of hydrogen-bond donors (Lipinski definition) is 2. The molecule has 5 heteroatoms. The van der Waals surface area contributed by atoms with Gasteiger partial charge in [0.05, 0.1) is 0 Å². The fraction of sp³-hybridized carbons (Fsp3) is 0. The van der Waals surface area contributed by atoms with Crippen molar-refractivity contribution in [2.45, 2.75) is 0 Å². The zero-order chi connectivity index (χ0) is 5.98. The molecular formula is C4H6N3NaO. The van der Waals surface area contributed by atoms with E-state index in [9.17, 15) is 4.79 Å². The molecule has 4 nitrogen and oxygen atoms in total. The van der Waals surface area contributed by atoms with Gasteiger partial charge >= 0.3 is 35.2 Å². The Labute approximate surface area is 75.3 Å². The molecule has 0 aromatic carbocycles. The maximum Gasteiger partial charge on any atom is 1.00 e. The van der Waals surface area contributed by atoms with Crippen molar-refractivity contribution in [2.24, 2.45) is 0 Å². The third-order valence-corrected chi connectivity index (χ3v) is 0.697. The Bertz CT molecular complexity index is 238. The van der Waals surface area contributed by atoms with Gasteiger partial charge in [0, 0.05) is 6.20 Å². The number of anilines is 1. The first kappa shape index (κ1) is 8.68. The van der Waals surface area contributed by atoms with Crippen molar-refractivity contribution >= 4 is 5.82 Å². The van der Waals surface area contributed by atoms with Crippen LogP contribution in [0, 0.1) is 0 Å². The SMILES string of the molecule is Nc1ccnc(=O)[nH]1.[H-].[Na+]. The van der Waals surface area contributed by atoms with Crippen molar-refractivity contribution < 1.29 is 31.0 Å². The summed E-state index contributed by atoms with van der Waals surface area (Å²) in [5.74, 6) is 0.338. The van der Waals surface area contributed by atoms with Crippen LogP contribution in [0.1, 0.15) is 1.43 Å². The minimum atomic E-state index is -0.412. The number of nitrogens with zero attached hydrogens (tertiary/aromatic N) is 1. The van der Waals surface area contributed by atoms with Crippen LogP contribution in [0.25, 0.3) is 0 Å². The normalized spacial score (nSPS) is 8.00. The van der Waals surface area contributed by atoms with Gasteiger partial charge in [0.2, 0.25) is 0 Å². The summed E-state index contributed by atoms with van der Waals surface area (Å²) < 4.78 is 0. The molecule has 0 fully saturated rings. The summed E-state index contributed by atoms with van der Waals surface area (Å²) in [5.41, 5.74) is 4.75. The van der Waals surface area contributed by atoms with Gasteiger partial charge < -0.3 is 7.16 Å². The molecule has 44 valence electrons. The van der Waals surface area contributed by atoms with Crippen LogP contribution in [0.15, 0.2) is 17.1 Å². The molecule has 0 unspecified atom stereocenters. The molecule has 9 heavy (non-hydrogen) atoms. The second-order valence-electron chi connectivity index (χ2n) is 1.33. The van der Waals surface area contributed by atoms with Crippen molar-refractivity contribution in [1.29, 1.82) is 0 Å². The van der Waals surface area contributed by atoms with Crippen LogP contribution >= 0.6 is 0 Å². The zero-order valence-corrected chi connectivity index (χ0v) is 7.09. The molecule has 1 heterocycles. The van der Waals surface area contributed by atoms with Gasteiger partial charge in [-0.05, 0) is 6.07 Å². The Morgan fingerprint density at radius 1 is 1.78 bits per heavy atom. The summed E-state index contributed by atoms with van der Waals surface area (Å²) in [6.45, 7) is 0. The van der Waals surface area contributed by atoms with Crippen molar-refractivity contribution in [2.75, 3.05) is 5.73 Å². The van der Waals surface area contributed by atoms with Crippen molar-refractivity contribution in [3.05, 3.63) is 22.7 Å². The van der Waals surface area contributed by atoms with Crippen molar-refractivity contribution in [3.63, 3.8) is 0 Å². The Morgan fingerprint density at radius 3 is 2.78 bits per heavy atom. The molecule has 0 aliphatic rings. The van der Waals surface area contributed by atoms with Gasteiger partial charge in [0.15, 0.2) is 0 Å². The van der Waals surface area contributed by atoms with E-state index in [1.807, 2.05) is 0 Å². The number of hydrogen-bond acceptors (Lipinski definition) is 3. The van der Waals surface area contributed by atoms with Crippen LogP contribution in [0.3, 0.4) is 0 Å². The van der Waals surface area contributed by atoms with Crippen LogP contribution in [-0.4, -0.2) is 9.97 Å². The van der Waals surface area contributed by atoms with E-state index in [-0.39, 0.29) is 31.0 Å². The van der Waals surface area contributed by atoms with E-state index in [1.54, 1.807) is 0 Å². The first-order chi connectivity index (χ1) is 3.79. The molecule has 0 aliphatic carbocycles. The molecule has 1 rings (SSSR count). The Hall–Kier alpha value is -0.320. The van der Waals surface area contributed by atoms with Crippen LogP contribution in [0.4, 0.5) is 5.82 Å². The Morgan fingerprint density at radius 2 is 2.44 bits per heavy atom. The molecule has 0 radical (unpaired) electrons. The zero-order valence-electron chi connectivity index (χ0n) is 6.09. The van der Waals surface area contributed by atoms with Crippen LogP contribution < -0.4 is 41.0 Å². The molecule has 0 bridgehead atoms. The van der Waals surface area contributed by atoms with E-state index < -0.39 is 5.69 Å². The number of nitrogens with two attached hydrogens (primary N) is 1. The van der Waals surface area contributed by atoms with Crippen molar-refractivity contribution in [1.82, 2.24) is 9.97 Å². The number of rotatable bonds is 0. The predicted molar refractivity (Wildman–Crippen MR) is 30.4 cm³/mol. The predicted octanol–water partition coefficient (Wildman–Crippen LogP) is -3.53. The van der Waals surface area contributed by atoms with Gasteiger partial charge in [-0.25, -0.2) is 9.78 Å². The third kappa shape index (κ3) is 2.64.